The fourth-order valence-corrected chi connectivity index (χ4v) is 5.08. The van der Waals surface area contributed by atoms with Crippen LogP contribution >= 0.6 is 0 Å². The molecule has 0 saturated heterocycles. The van der Waals surface area contributed by atoms with Crippen molar-refractivity contribution in [3.8, 4) is 22.8 Å². The molecule has 0 bridgehead atoms. The van der Waals surface area contributed by atoms with Crippen molar-refractivity contribution >= 4 is 16.0 Å². The topological polar surface area (TPSA) is 134 Å². The van der Waals surface area contributed by atoms with Gasteiger partial charge in [-0.05, 0) is 56.5 Å². The van der Waals surface area contributed by atoms with Gasteiger partial charge in [-0.15, -0.1) is 10.2 Å². The largest absolute Gasteiger partial charge is 0.495 e. The molecule has 0 aliphatic heterocycles. The van der Waals surface area contributed by atoms with E-state index in [2.05, 4.69) is 29.9 Å². The number of hydrogen-bond donors (Lipinski definition) is 1. The van der Waals surface area contributed by atoms with Gasteiger partial charge in [0.15, 0.2) is 11.6 Å². The average molecular weight is 524 g/mol. The van der Waals surface area contributed by atoms with Crippen molar-refractivity contribution in [2.45, 2.75) is 39.0 Å². The SMILES string of the molecule is COc1cccc(C)c1-n1c(NS(=O)(=O)[C@@H](C)[C@H](OC)c2ncc(C)cn2)nnc1-c1cncc(C)c1. The molecule has 0 aliphatic rings. The van der Waals surface area contributed by atoms with Gasteiger partial charge >= 0.3 is 0 Å². The first kappa shape index (κ1) is 26.2. The van der Waals surface area contributed by atoms with Crippen molar-refractivity contribution in [3.05, 3.63) is 71.6 Å². The molecule has 37 heavy (non-hydrogen) atoms. The molecule has 12 heteroatoms. The van der Waals surface area contributed by atoms with Gasteiger partial charge in [0.1, 0.15) is 17.1 Å². The maximum absolute atomic E-state index is 13.6. The summed E-state index contributed by atoms with van der Waals surface area (Å²) >= 11 is 0. The highest BCUT2D eigenvalue weighted by molar-refractivity contribution is 7.93. The van der Waals surface area contributed by atoms with Gasteiger partial charge in [0, 0.05) is 37.5 Å². The zero-order valence-corrected chi connectivity index (χ0v) is 22.3. The Bertz CT molecular complexity index is 1500. The van der Waals surface area contributed by atoms with E-state index in [-0.39, 0.29) is 11.8 Å². The Morgan fingerprint density at radius 1 is 0.973 bits per heavy atom. The van der Waals surface area contributed by atoms with Gasteiger partial charge in [0.25, 0.3) is 0 Å². The molecule has 1 aromatic carbocycles. The van der Waals surface area contributed by atoms with Crippen LogP contribution in [0.2, 0.25) is 0 Å². The lowest BCUT2D eigenvalue weighted by atomic mass is 10.1. The van der Waals surface area contributed by atoms with E-state index in [0.717, 1.165) is 16.7 Å². The van der Waals surface area contributed by atoms with Crippen LogP contribution in [-0.4, -0.2) is 57.6 Å². The van der Waals surface area contributed by atoms with E-state index in [1.807, 2.05) is 39.0 Å². The summed E-state index contributed by atoms with van der Waals surface area (Å²) in [4.78, 5) is 12.8. The van der Waals surface area contributed by atoms with Crippen LogP contribution in [0.25, 0.3) is 17.1 Å². The zero-order valence-electron chi connectivity index (χ0n) is 21.5. The Kier molecular flexibility index (Phi) is 7.50. The van der Waals surface area contributed by atoms with Gasteiger partial charge in [0.2, 0.25) is 16.0 Å². The number of aryl methyl sites for hydroxylation is 3. The smallest absolute Gasteiger partial charge is 0.243 e. The van der Waals surface area contributed by atoms with Crippen LogP contribution in [0.1, 0.15) is 35.5 Å². The van der Waals surface area contributed by atoms with Gasteiger partial charge in [0.05, 0.1) is 12.8 Å². The van der Waals surface area contributed by atoms with Crippen LogP contribution < -0.4 is 9.46 Å². The molecule has 11 nitrogen and oxygen atoms in total. The minimum Gasteiger partial charge on any atom is -0.495 e. The minimum atomic E-state index is -4.06. The normalized spacial score (nSPS) is 13.2. The number of hydrogen-bond acceptors (Lipinski definition) is 9. The third-order valence-electron chi connectivity index (χ3n) is 5.90. The summed E-state index contributed by atoms with van der Waals surface area (Å²) in [5, 5.41) is 7.49. The maximum Gasteiger partial charge on any atom is 0.243 e. The number of sulfonamides is 1. The monoisotopic (exact) mass is 523 g/mol. The highest BCUT2D eigenvalue weighted by Gasteiger charge is 2.34. The summed E-state index contributed by atoms with van der Waals surface area (Å²) < 4.78 is 42.5. The molecule has 4 rings (SSSR count). The first-order valence-corrected chi connectivity index (χ1v) is 13.0. The van der Waals surface area contributed by atoms with Crippen molar-refractivity contribution in [3.63, 3.8) is 0 Å². The van der Waals surface area contributed by atoms with Crippen LogP contribution in [0, 0.1) is 20.8 Å². The Labute approximate surface area is 216 Å². The molecule has 194 valence electrons. The van der Waals surface area contributed by atoms with Crippen LogP contribution in [0.15, 0.2) is 49.1 Å². The molecule has 1 N–H and O–H groups in total. The first-order chi connectivity index (χ1) is 17.7. The predicted octanol–water partition coefficient (Wildman–Crippen LogP) is 3.57. The van der Waals surface area contributed by atoms with Gasteiger partial charge in [-0.1, -0.05) is 12.1 Å². The number of benzene rings is 1. The number of ether oxygens (including phenoxy) is 2. The van der Waals surface area contributed by atoms with Crippen LogP contribution in [-0.2, 0) is 14.8 Å². The highest BCUT2D eigenvalue weighted by Crippen LogP contribution is 2.34. The van der Waals surface area contributed by atoms with Crippen molar-refractivity contribution in [2.24, 2.45) is 0 Å². The van der Waals surface area contributed by atoms with Crippen molar-refractivity contribution in [1.82, 2.24) is 29.7 Å². The summed E-state index contributed by atoms with van der Waals surface area (Å²) in [7, 11) is -1.09. The molecule has 0 saturated carbocycles. The Balaban J connectivity index is 1.82. The maximum atomic E-state index is 13.6. The fraction of sp³-hybridized carbons (Fsp3) is 0.320. The van der Waals surface area contributed by atoms with E-state index in [0.29, 0.717) is 22.8 Å². The summed E-state index contributed by atoms with van der Waals surface area (Å²) in [6.45, 7) is 7.18. The number of para-hydroxylation sites is 1. The molecular weight excluding hydrogens is 494 g/mol. The number of aromatic nitrogens is 6. The summed E-state index contributed by atoms with van der Waals surface area (Å²) in [5.41, 5.74) is 3.87. The van der Waals surface area contributed by atoms with Crippen molar-refractivity contribution in [2.75, 3.05) is 18.9 Å². The molecule has 2 atom stereocenters. The third kappa shape index (κ3) is 5.30. The van der Waals surface area contributed by atoms with Crippen LogP contribution in [0.3, 0.4) is 0 Å². The summed E-state index contributed by atoms with van der Waals surface area (Å²) in [5.74, 6) is 1.19. The van der Waals surface area contributed by atoms with E-state index in [9.17, 15) is 8.42 Å². The lowest BCUT2D eigenvalue weighted by Crippen LogP contribution is -2.33. The Morgan fingerprint density at radius 3 is 2.35 bits per heavy atom. The molecule has 3 heterocycles. The van der Waals surface area contributed by atoms with Gasteiger partial charge in [-0.2, -0.15) is 0 Å². The molecule has 0 spiro atoms. The average Bonchev–Trinajstić information content (AvgIpc) is 3.27. The molecule has 4 aromatic rings. The predicted molar refractivity (Wildman–Crippen MR) is 139 cm³/mol. The first-order valence-electron chi connectivity index (χ1n) is 11.5. The second-order valence-electron chi connectivity index (χ2n) is 8.69. The van der Waals surface area contributed by atoms with Crippen molar-refractivity contribution < 1.29 is 17.9 Å². The quantitative estimate of drug-likeness (QED) is 0.349. The number of nitrogens with one attached hydrogen (secondary N) is 1. The number of nitrogens with zero attached hydrogens (tertiary/aromatic N) is 6. The van der Waals surface area contributed by atoms with E-state index >= 15 is 0 Å². The van der Waals surface area contributed by atoms with E-state index in [4.69, 9.17) is 9.47 Å². The molecule has 0 aliphatic carbocycles. The van der Waals surface area contributed by atoms with Gasteiger partial charge in [-0.25, -0.2) is 18.4 Å². The second kappa shape index (κ2) is 10.6. The molecular formula is C25H29N7O4S. The van der Waals surface area contributed by atoms with Crippen LogP contribution in [0.4, 0.5) is 5.95 Å². The molecule has 3 aromatic heterocycles. The fourth-order valence-electron chi connectivity index (χ4n) is 3.95. The number of pyridine rings is 1. The summed E-state index contributed by atoms with van der Waals surface area (Å²) in [6.07, 6.45) is 5.69. The number of anilines is 1. The minimum absolute atomic E-state index is 0.00404. The lowest BCUT2D eigenvalue weighted by Gasteiger charge is -2.23. The zero-order chi connectivity index (χ0) is 26.7. The molecule has 0 amide bonds. The number of methoxy groups -OCH3 is 2. The van der Waals surface area contributed by atoms with E-state index in [1.54, 1.807) is 42.5 Å². The number of rotatable bonds is 9. The van der Waals surface area contributed by atoms with Crippen molar-refractivity contribution in [1.29, 1.82) is 0 Å². The lowest BCUT2D eigenvalue weighted by molar-refractivity contribution is 0.0949. The van der Waals surface area contributed by atoms with E-state index in [1.165, 1.54) is 14.0 Å². The van der Waals surface area contributed by atoms with E-state index < -0.39 is 21.4 Å². The molecule has 0 unspecified atom stereocenters. The third-order valence-corrected chi connectivity index (χ3v) is 7.59. The molecule has 0 radical (unpaired) electrons. The highest BCUT2D eigenvalue weighted by atomic mass is 32.2. The standard InChI is InChI=1S/C25H29N7O4S/c1-15-10-19(14-26-11-15)24-29-30-25(32(24)21-17(3)8-7-9-20(21)35-5)31-37(33,34)18(4)22(36-6)23-27-12-16(2)13-28-23/h7-14,18,22H,1-6H3,(H,30,31)/t18-,22-/m0/s1. The van der Waals surface area contributed by atoms with Crippen LogP contribution in [0.5, 0.6) is 5.75 Å². The van der Waals surface area contributed by atoms with Gasteiger partial charge in [-0.3, -0.25) is 14.3 Å². The van der Waals surface area contributed by atoms with Gasteiger partial charge < -0.3 is 9.47 Å². The molecule has 0 fully saturated rings. The Hall–Kier alpha value is -3.90. The Morgan fingerprint density at radius 2 is 1.70 bits per heavy atom. The second-order valence-corrected chi connectivity index (χ2v) is 10.7. The summed E-state index contributed by atoms with van der Waals surface area (Å²) in [6, 6.07) is 7.44.